The molecule has 6 heteroatoms. The number of carboxylic acids is 1. The molecule has 2 rings (SSSR count). The van der Waals surface area contributed by atoms with Crippen LogP contribution in [0.15, 0.2) is 0 Å². The molecule has 0 aromatic rings. The first kappa shape index (κ1) is 15.3. The van der Waals surface area contributed by atoms with Gasteiger partial charge in [-0.15, -0.1) is 0 Å². The van der Waals surface area contributed by atoms with Crippen LogP contribution in [-0.2, 0) is 19.1 Å². The minimum atomic E-state index is -0.892. The number of ether oxygens (including phenoxy) is 2. The molecule has 1 amide bonds. The van der Waals surface area contributed by atoms with Crippen molar-refractivity contribution < 1.29 is 24.2 Å². The van der Waals surface area contributed by atoms with Crippen LogP contribution in [0.25, 0.3) is 0 Å². The Balaban J connectivity index is 1.98. The predicted octanol–water partition coefficient (Wildman–Crippen LogP) is 0.751. The largest absolute Gasteiger partial charge is 0.481 e. The van der Waals surface area contributed by atoms with Crippen molar-refractivity contribution in [3.05, 3.63) is 0 Å². The summed E-state index contributed by atoms with van der Waals surface area (Å²) >= 11 is 0. The topological polar surface area (TPSA) is 76.1 Å². The van der Waals surface area contributed by atoms with Gasteiger partial charge in [-0.05, 0) is 18.8 Å². The summed E-state index contributed by atoms with van der Waals surface area (Å²) in [4.78, 5) is 25.2. The molecule has 2 heterocycles. The van der Waals surface area contributed by atoms with Gasteiger partial charge in [-0.2, -0.15) is 0 Å². The van der Waals surface area contributed by atoms with Crippen LogP contribution < -0.4 is 0 Å². The van der Waals surface area contributed by atoms with Gasteiger partial charge in [0.15, 0.2) is 0 Å². The number of carbonyl (C=O) groups excluding carboxylic acids is 1. The summed E-state index contributed by atoms with van der Waals surface area (Å²) in [6.45, 7) is 4.67. The zero-order valence-electron chi connectivity index (χ0n) is 11.9. The molecule has 20 heavy (non-hydrogen) atoms. The summed E-state index contributed by atoms with van der Waals surface area (Å²) < 4.78 is 10.6. The molecule has 2 saturated heterocycles. The first-order valence-corrected chi connectivity index (χ1v) is 7.27. The lowest BCUT2D eigenvalue weighted by Gasteiger charge is -2.38. The number of rotatable bonds is 4. The van der Waals surface area contributed by atoms with Gasteiger partial charge in [0.2, 0.25) is 5.91 Å². The van der Waals surface area contributed by atoms with Crippen molar-refractivity contribution in [2.75, 3.05) is 33.0 Å². The third kappa shape index (κ3) is 3.70. The maximum Gasteiger partial charge on any atom is 0.305 e. The first-order chi connectivity index (χ1) is 9.59. The molecule has 2 unspecified atom stereocenters. The summed E-state index contributed by atoms with van der Waals surface area (Å²) in [6.07, 6.45) is 1.76. The highest BCUT2D eigenvalue weighted by Crippen LogP contribution is 2.26. The molecule has 0 saturated carbocycles. The molecule has 2 atom stereocenters. The fourth-order valence-electron chi connectivity index (χ4n) is 2.99. The van der Waals surface area contributed by atoms with Crippen molar-refractivity contribution in [1.29, 1.82) is 0 Å². The van der Waals surface area contributed by atoms with Crippen molar-refractivity contribution in [1.82, 2.24) is 4.90 Å². The molecule has 2 aliphatic rings. The third-order valence-electron chi connectivity index (χ3n) is 4.28. The lowest BCUT2D eigenvalue weighted by atomic mass is 9.86. The fourth-order valence-corrected chi connectivity index (χ4v) is 2.99. The lowest BCUT2D eigenvalue weighted by molar-refractivity contribution is -0.150. The maximum atomic E-state index is 12.6. The molecule has 114 valence electrons. The minimum absolute atomic E-state index is 0.0494. The summed E-state index contributed by atoms with van der Waals surface area (Å²) in [5, 5.41) is 8.94. The minimum Gasteiger partial charge on any atom is -0.481 e. The molecule has 0 aromatic carbocycles. The summed E-state index contributed by atoms with van der Waals surface area (Å²) in [5.41, 5.74) is 0. The van der Waals surface area contributed by atoms with Gasteiger partial charge in [-0.1, -0.05) is 6.92 Å². The van der Waals surface area contributed by atoms with Gasteiger partial charge in [0.05, 0.1) is 25.7 Å². The number of morpholine rings is 1. The molecule has 0 bridgehead atoms. The number of carboxylic acid groups (broad SMARTS) is 1. The number of carbonyl (C=O) groups is 2. The van der Waals surface area contributed by atoms with Gasteiger partial charge in [0, 0.05) is 25.7 Å². The number of nitrogens with zero attached hydrogens (tertiary/aromatic N) is 1. The Hall–Kier alpha value is -1.14. The number of amides is 1. The van der Waals surface area contributed by atoms with E-state index in [4.69, 9.17) is 14.6 Å². The van der Waals surface area contributed by atoms with E-state index in [-0.39, 0.29) is 24.3 Å². The van der Waals surface area contributed by atoms with Crippen LogP contribution in [0.2, 0.25) is 0 Å². The van der Waals surface area contributed by atoms with E-state index in [0.717, 1.165) is 12.8 Å². The van der Waals surface area contributed by atoms with Gasteiger partial charge < -0.3 is 19.5 Å². The molecule has 0 aromatic heterocycles. The van der Waals surface area contributed by atoms with E-state index in [1.807, 2.05) is 6.92 Å². The highest BCUT2D eigenvalue weighted by Gasteiger charge is 2.35. The van der Waals surface area contributed by atoms with E-state index in [9.17, 15) is 9.59 Å². The van der Waals surface area contributed by atoms with Crippen LogP contribution in [-0.4, -0.2) is 60.9 Å². The molecule has 1 N–H and O–H groups in total. The molecule has 0 radical (unpaired) electrons. The average molecular weight is 285 g/mol. The molecular formula is C14H23NO5. The summed E-state index contributed by atoms with van der Waals surface area (Å²) in [7, 11) is 0. The first-order valence-electron chi connectivity index (χ1n) is 7.27. The SMILES string of the molecule is CC(C(=O)N1CCOCC1CC(=O)O)C1CCOCC1. The fraction of sp³-hybridized carbons (Fsp3) is 0.857. The second-order valence-corrected chi connectivity index (χ2v) is 5.60. The van der Waals surface area contributed by atoms with Crippen molar-refractivity contribution in [2.24, 2.45) is 11.8 Å². The second-order valence-electron chi connectivity index (χ2n) is 5.60. The van der Waals surface area contributed by atoms with Gasteiger partial charge >= 0.3 is 5.97 Å². The van der Waals surface area contributed by atoms with Crippen molar-refractivity contribution in [2.45, 2.75) is 32.2 Å². The Labute approximate surface area is 119 Å². The molecular weight excluding hydrogens is 262 g/mol. The van der Waals surface area contributed by atoms with Gasteiger partial charge in [0.1, 0.15) is 0 Å². The summed E-state index contributed by atoms with van der Waals surface area (Å²) in [5.74, 6) is -0.568. The van der Waals surface area contributed by atoms with E-state index in [1.165, 1.54) is 0 Å². The van der Waals surface area contributed by atoms with Crippen LogP contribution in [0, 0.1) is 11.8 Å². The van der Waals surface area contributed by atoms with E-state index in [2.05, 4.69) is 0 Å². The Morgan fingerprint density at radius 3 is 2.60 bits per heavy atom. The molecule has 6 nitrogen and oxygen atoms in total. The molecule has 2 fully saturated rings. The van der Waals surface area contributed by atoms with E-state index < -0.39 is 5.97 Å². The van der Waals surface area contributed by atoms with Crippen molar-refractivity contribution in [3.63, 3.8) is 0 Å². The monoisotopic (exact) mass is 285 g/mol. The van der Waals surface area contributed by atoms with Gasteiger partial charge in [0.25, 0.3) is 0 Å². The predicted molar refractivity (Wildman–Crippen MR) is 71.3 cm³/mol. The highest BCUT2D eigenvalue weighted by molar-refractivity contribution is 5.80. The standard InChI is InChI=1S/C14H23NO5/c1-10(11-2-5-19-6-3-11)14(18)15-4-7-20-9-12(15)8-13(16)17/h10-12H,2-9H2,1H3,(H,16,17). The summed E-state index contributed by atoms with van der Waals surface area (Å²) in [6, 6.07) is -0.337. The van der Waals surface area contributed by atoms with Crippen LogP contribution in [0.1, 0.15) is 26.2 Å². The maximum absolute atomic E-state index is 12.6. The van der Waals surface area contributed by atoms with Crippen LogP contribution in [0.3, 0.4) is 0 Å². The third-order valence-corrected chi connectivity index (χ3v) is 4.28. The molecule has 2 aliphatic heterocycles. The smallest absolute Gasteiger partial charge is 0.305 e. The van der Waals surface area contributed by atoms with Crippen LogP contribution >= 0.6 is 0 Å². The Morgan fingerprint density at radius 1 is 1.25 bits per heavy atom. The highest BCUT2D eigenvalue weighted by atomic mass is 16.5. The van der Waals surface area contributed by atoms with E-state index >= 15 is 0 Å². The molecule has 0 aliphatic carbocycles. The van der Waals surface area contributed by atoms with Crippen LogP contribution in [0.5, 0.6) is 0 Å². The quantitative estimate of drug-likeness (QED) is 0.825. The Bertz CT molecular complexity index is 353. The van der Waals surface area contributed by atoms with Crippen molar-refractivity contribution >= 4 is 11.9 Å². The zero-order chi connectivity index (χ0) is 14.5. The number of hydrogen-bond donors (Lipinski definition) is 1. The van der Waals surface area contributed by atoms with E-state index in [0.29, 0.717) is 38.9 Å². The second kappa shape index (κ2) is 7.04. The van der Waals surface area contributed by atoms with Gasteiger partial charge in [-0.25, -0.2) is 0 Å². The number of hydrogen-bond acceptors (Lipinski definition) is 4. The number of aliphatic carboxylic acids is 1. The lowest BCUT2D eigenvalue weighted by Crippen LogP contribution is -2.52. The molecule has 0 spiro atoms. The van der Waals surface area contributed by atoms with Gasteiger partial charge in [-0.3, -0.25) is 9.59 Å². The Morgan fingerprint density at radius 2 is 1.95 bits per heavy atom. The average Bonchev–Trinajstić information content (AvgIpc) is 2.46. The van der Waals surface area contributed by atoms with Crippen molar-refractivity contribution in [3.8, 4) is 0 Å². The Kier molecular flexibility index (Phi) is 5.37. The normalized spacial score (nSPS) is 26.2. The van der Waals surface area contributed by atoms with E-state index in [1.54, 1.807) is 4.90 Å². The van der Waals surface area contributed by atoms with Crippen LogP contribution in [0.4, 0.5) is 0 Å². The zero-order valence-corrected chi connectivity index (χ0v) is 11.9.